The number of hydrogen-bond acceptors (Lipinski definition) is 5. The van der Waals surface area contributed by atoms with Crippen LogP contribution >= 0.6 is 0 Å². The highest BCUT2D eigenvalue weighted by molar-refractivity contribution is 5.95. The van der Waals surface area contributed by atoms with Gasteiger partial charge in [0.25, 0.3) is 5.91 Å². The molecule has 1 aliphatic heterocycles. The summed E-state index contributed by atoms with van der Waals surface area (Å²) in [5.41, 5.74) is 2.08. The Bertz CT molecular complexity index is 703. The summed E-state index contributed by atoms with van der Waals surface area (Å²) in [5.74, 6) is 0.720. The van der Waals surface area contributed by atoms with E-state index in [2.05, 4.69) is 16.8 Å². The summed E-state index contributed by atoms with van der Waals surface area (Å²) >= 11 is 0. The SMILES string of the molecule is CCC(CO)N1CCN(C(=O)c2ccc(-c3ccco3)nc2C)CC1. The van der Waals surface area contributed by atoms with Gasteiger partial charge in [-0.25, -0.2) is 4.98 Å². The van der Waals surface area contributed by atoms with Crippen LogP contribution in [-0.4, -0.2) is 64.6 Å². The molecule has 2 aromatic heterocycles. The fourth-order valence-electron chi connectivity index (χ4n) is 3.31. The minimum absolute atomic E-state index is 0.0210. The number of rotatable bonds is 5. The van der Waals surface area contributed by atoms with Crippen molar-refractivity contribution in [1.29, 1.82) is 0 Å². The number of pyridine rings is 1. The molecule has 0 saturated carbocycles. The van der Waals surface area contributed by atoms with Crippen LogP contribution in [0, 0.1) is 6.92 Å². The molecular weight excluding hydrogens is 318 g/mol. The molecule has 1 aliphatic rings. The number of furan rings is 1. The highest BCUT2D eigenvalue weighted by Crippen LogP contribution is 2.21. The van der Waals surface area contributed by atoms with Gasteiger partial charge in [-0.15, -0.1) is 0 Å². The highest BCUT2D eigenvalue weighted by atomic mass is 16.3. The Balaban J connectivity index is 1.68. The van der Waals surface area contributed by atoms with Gasteiger partial charge >= 0.3 is 0 Å². The predicted octanol–water partition coefficient (Wildman–Crippen LogP) is 2.18. The van der Waals surface area contributed by atoms with Crippen molar-refractivity contribution in [2.45, 2.75) is 26.3 Å². The van der Waals surface area contributed by atoms with Crippen molar-refractivity contribution in [3.05, 3.63) is 41.8 Å². The molecule has 1 N–H and O–H groups in total. The highest BCUT2D eigenvalue weighted by Gasteiger charge is 2.26. The van der Waals surface area contributed by atoms with Gasteiger partial charge in [0.2, 0.25) is 0 Å². The number of aliphatic hydroxyl groups is 1. The van der Waals surface area contributed by atoms with E-state index in [1.807, 2.05) is 36.1 Å². The van der Waals surface area contributed by atoms with Gasteiger partial charge in [-0.3, -0.25) is 9.69 Å². The first-order chi connectivity index (χ1) is 12.1. The van der Waals surface area contributed by atoms with Crippen molar-refractivity contribution < 1.29 is 14.3 Å². The van der Waals surface area contributed by atoms with E-state index in [-0.39, 0.29) is 18.6 Å². The zero-order chi connectivity index (χ0) is 17.8. The van der Waals surface area contributed by atoms with E-state index in [9.17, 15) is 9.90 Å². The lowest BCUT2D eigenvalue weighted by Gasteiger charge is -2.38. The number of aromatic nitrogens is 1. The van der Waals surface area contributed by atoms with Crippen LogP contribution in [0.25, 0.3) is 11.5 Å². The molecule has 0 spiro atoms. The third-order valence-electron chi connectivity index (χ3n) is 4.89. The summed E-state index contributed by atoms with van der Waals surface area (Å²) < 4.78 is 5.36. The summed E-state index contributed by atoms with van der Waals surface area (Å²) in [4.78, 5) is 21.5. The normalized spacial score (nSPS) is 16.8. The van der Waals surface area contributed by atoms with Crippen molar-refractivity contribution >= 4 is 5.91 Å². The minimum Gasteiger partial charge on any atom is -0.463 e. The van der Waals surface area contributed by atoms with Crippen molar-refractivity contribution in [3.63, 3.8) is 0 Å². The molecule has 0 aliphatic carbocycles. The Kier molecular flexibility index (Phi) is 5.50. The molecular formula is C19H25N3O3. The molecule has 1 amide bonds. The first-order valence-corrected chi connectivity index (χ1v) is 8.79. The molecule has 3 heterocycles. The van der Waals surface area contributed by atoms with E-state index in [0.29, 0.717) is 30.1 Å². The number of aliphatic hydroxyl groups excluding tert-OH is 1. The third-order valence-corrected chi connectivity index (χ3v) is 4.89. The Hall–Kier alpha value is -2.18. The summed E-state index contributed by atoms with van der Waals surface area (Å²) in [7, 11) is 0. The number of carbonyl (C=O) groups is 1. The second-order valence-electron chi connectivity index (χ2n) is 6.38. The van der Waals surface area contributed by atoms with Crippen LogP contribution in [0.5, 0.6) is 0 Å². The quantitative estimate of drug-likeness (QED) is 0.901. The molecule has 6 heteroatoms. The Morgan fingerprint density at radius 1 is 1.28 bits per heavy atom. The lowest BCUT2D eigenvalue weighted by molar-refractivity contribution is 0.0471. The zero-order valence-electron chi connectivity index (χ0n) is 14.8. The van der Waals surface area contributed by atoms with E-state index in [4.69, 9.17) is 4.42 Å². The molecule has 6 nitrogen and oxygen atoms in total. The summed E-state index contributed by atoms with van der Waals surface area (Å²) in [6, 6.07) is 7.52. The standard InChI is InChI=1S/C19H25N3O3/c1-3-15(13-23)21-8-10-22(11-9-21)19(24)16-6-7-17(20-14(16)2)18-5-4-12-25-18/h4-7,12,15,23H,3,8-11,13H2,1-2H3. The van der Waals surface area contributed by atoms with Crippen LogP contribution in [0.3, 0.4) is 0 Å². The van der Waals surface area contributed by atoms with Crippen LogP contribution in [-0.2, 0) is 0 Å². The van der Waals surface area contributed by atoms with Crippen molar-refractivity contribution in [1.82, 2.24) is 14.8 Å². The molecule has 3 rings (SSSR count). The van der Waals surface area contributed by atoms with Gasteiger partial charge in [-0.1, -0.05) is 6.92 Å². The lowest BCUT2D eigenvalue weighted by atomic mass is 10.1. The smallest absolute Gasteiger partial charge is 0.255 e. The fraction of sp³-hybridized carbons (Fsp3) is 0.474. The van der Waals surface area contributed by atoms with Crippen LogP contribution in [0.1, 0.15) is 29.4 Å². The maximum absolute atomic E-state index is 12.8. The van der Waals surface area contributed by atoms with E-state index in [1.54, 1.807) is 6.26 Å². The zero-order valence-corrected chi connectivity index (χ0v) is 14.8. The average Bonchev–Trinajstić information content (AvgIpc) is 3.17. The fourth-order valence-corrected chi connectivity index (χ4v) is 3.31. The number of carbonyl (C=O) groups excluding carboxylic acids is 1. The average molecular weight is 343 g/mol. The summed E-state index contributed by atoms with van der Waals surface area (Å²) in [5, 5.41) is 9.43. The van der Waals surface area contributed by atoms with Gasteiger partial charge in [0.15, 0.2) is 5.76 Å². The number of piperazine rings is 1. The van der Waals surface area contributed by atoms with Crippen molar-refractivity contribution in [2.75, 3.05) is 32.8 Å². The van der Waals surface area contributed by atoms with Gasteiger partial charge in [0.05, 0.1) is 24.1 Å². The maximum Gasteiger partial charge on any atom is 0.255 e. The molecule has 1 unspecified atom stereocenters. The number of amides is 1. The van der Waals surface area contributed by atoms with Crippen LogP contribution in [0.4, 0.5) is 0 Å². The second-order valence-corrected chi connectivity index (χ2v) is 6.38. The molecule has 1 saturated heterocycles. The van der Waals surface area contributed by atoms with Gasteiger partial charge in [-0.05, 0) is 37.6 Å². The van der Waals surface area contributed by atoms with Crippen LogP contribution in [0.2, 0.25) is 0 Å². The Labute approximate surface area is 148 Å². The van der Waals surface area contributed by atoms with Crippen LogP contribution in [0.15, 0.2) is 34.9 Å². The predicted molar refractivity (Wildman–Crippen MR) is 95.3 cm³/mol. The molecule has 25 heavy (non-hydrogen) atoms. The van der Waals surface area contributed by atoms with Gasteiger partial charge in [-0.2, -0.15) is 0 Å². The molecule has 1 atom stereocenters. The minimum atomic E-state index is 0.0210. The molecule has 2 aromatic rings. The number of nitrogens with zero attached hydrogens (tertiary/aromatic N) is 3. The first-order valence-electron chi connectivity index (χ1n) is 8.79. The first kappa shape index (κ1) is 17.6. The van der Waals surface area contributed by atoms with Crippen molar-refractivity contribution in [3.8, 4) is 11.5 Å². The Morgan fingerprint density at radius 3 is 2.60 bits per heavy atom. The third kappa shape index (κ3) is 3.75. The second kappa shape index (κ2) is 7.80. The van der Waals surface area contributed by atoms with Gasteiger partial charge < -0.3 is 14.4 Å². The van der Waals surface area contributed by atoms with Gasteiger partial charge in [0, 0.05) is 32.2 Å². The largest absolute Gasteiger partial charge is 0.463 e. The summed E-state index contributed by atoms with van der Waals surface area (Å²) in [6.07, 6.45) is 2.53. The summed E-state index contributed by atoms with van der Waals surface area (Å²) in [6.45, 7) is 7.04. The molecule has 134 valence electrons. The molecule has 0 radical (unpaired) electrons. The van der Waals surface area contributed by atoms with Crippen LogP contribution < -0.4 is 0 Å². The van der Waals surface area contributed by atoms with E-state index >= 15 is 0 Å². The topological polar surface area (TPSA) is 69.8 Å². The van der Waals surface area contributed by atoms with E-state index in [1.165, 1.54) is 0 Å². The maximum atomic E-state index is 12.8. The molecule has 0 bridgehead atoms. The molecule has 1 fully saturated rings. The molecule has 0 aromatic carbocycles. The monoisotopic (exact) mass is 343 g/mol. The number of hydrogen-bond donors (Lipinski definition) is 1. The van der Waals surface area contributed by atoms with Gasteiger partial charge in [0.1, 0.15) is 5.69 Å². The number of aryl methyl sites for hydroxylation is 1. The Morgan fingerprint density at radius 2 is 2.04 bits per heavy atom. The van der Waals surface area contributed by atoms with Crippen molar-refractivity contribution in [2.24, 2.45) is 0 Å². The van der Waals surface area contributed by atoms with E-state index < -0.39 is 0 Å². The van der Waals surface area contributed by atoms with E-state index in [0.717, 1.165) is 25.2 Å². The lowest BCUT2D eigenvalue weighted by Crippen LogP contribution is -2.52.